The van der Waals surface area contributed by atoms with E-state index in [0.717, 1.165) is 25.7 Å². The Labute approximate surface area is 152 Å². The summed E-state index contributed by atoms with van der Waals surface area (Å²) in [5.41, 5.74) is 0.237. The summed E-state index contributed by atoms with van der Waals surface area (Å²) in [6.07, 6.45) is 3.56. The first-order valence-corrected chi connectivity index (χ1v) is 9.21. The summed E-state index contributed by atoms with van der Waals surface area (Å²) >= 11 is 0. The molecule has 26 heavy (non-hydrogen) atoms. The van der Waals surface area contributed by atoms with E-state index in [2.05, 4.69) is 6.58 Å². The lowest BCUT2D eigenvalue weighted by Crippen LogP contribution is -2.36. The maximum absolute atomic E-state index is 12.2. The molecule has 142 valence electrons. The molecule has 0 N–H and O–H groups in total. The summed E-state index contributed by atoms with van der Waals surface area (Å²) in [5, 5.41) is 0. The molecule has 0 aromatic heterocycles. The third-order valence-corrected chi connectivity index (χ3v) is 6.39. The largest absolute Gasteiger partial charge is 0.460 e. The fourth-order valence-corrected chi connectivity index (χ4v) is 5.56. The number of carbonyl (C=O) groups is 3. The molecule has 3 aliphatic carbocycles. The van der Waals surface area contributed by atoms with Crippen LogP contribution < -0.4 is 0 Å². The molecule has 0 aromatic carbocycles. The van der Waals surface area contributed by atoms with E-state index in [4.69, 9.17) is 18.9 Å². The van der Waals surface area contributed by atoms with Gasteiger partial charge in [-0.2, -0.15) is 0 Å². The Balaban J connectivity index is 1.25. The summed E-state index contributed by atoms with van der Waals surface area (Å²) in [7, 11) is 0. The SMILES string of the molecule is C=C(C)C(=O)OCCOC(=O)COC1C2CC3CC4C(=O)OC1C4(C3)C2. The van der Waals surface area contributed by atoms with Crippen molar-refractivity contribution in [1.29, 1.82) is 0 Å². The Morgan fingerprint density at radius 2 is 2.00 bits per heavy atom. The molecule has 3 saturated carbocycles. The van der Waals surface area contributed by atoms with Gasteiger partial charge in [0, 0.05) is 11.0 Å². The van der Waals surface area contributed by atoms with Crippen LogP contribution in [0.2, 0.25) is 0 Å². The van der Waals surface area contributed by atoms with Crippen molar-refractivity contribution in [3.05, 3.63) is 12.2 Å². The van der Waals surface area contributed by atoms with Crippen LogP contribution in [0.5, 0.6) is 0 Å². The first kappa shape index (κ1) is 17.5. The molecule has 0 aromatic rings. The van der Waals surface area contributed by atoms with Crippen LogP contribution in [0.15, 0.2) is 12.2 Å². The smallest absolute Gasteiger partial charge is 0.333 e. The molecule has 6 atom stereocenters. The quantitative estimate of drug-likeness (QED) is 0.292. The van der Waals surface area contributed by atoms with E-state index in [1.165, 1.54) is 0 Å². The average molecular weight is 364 g/mol. The highest BCUT2D eigenvalue weighted by molar-refractivity contribution is 5.86. The predicted octanol–water partition coefficient (Wildman–Crippen LogP) is 1.40. The summed E-state index contributed by atoms with van der Waals surface area (Å²) in [4.78, 5) is 35.3. The van der Waals surface area contributed by atoms with Crippen LogP contribution in [0.25, 0.3) is 0 Å². The zero-order chi connectivity index (χ0) is 18.5. The monoisotopic (exact) mass is 364 g/mol. The van der Waals surface area contributed by atoms with Gasteiger partial charge in [-0.05, 0) is 44.4 Å². The Kier molecular flexibility index (Phi) is 4.29. The summed E-state index contributed by atoms with van der Waals surface area (Å²) in [6.45, 7) is 4.79. The molecular formula is C19H24O7. The minimum atomic E-state index is -0.513. The van der Waals surface area contributed by atoms with Crippen molar-refractivity contribution in [2.24, 2.45) is 23.2 Å². The summed E-state index contributed by atoms with van der Waals surface area (Å²) in [5.74, 6) is -0.165. The Bertz CT molecular complexity index is 656. The van der Waals surface area contributed by atoms with Gasteiger partial charge in [0.05, 0.1) is 12.0 Å². The van der Waals surface area contributed by atoms with Crippen molar-refractivity contribution < 1.29 is 33.3 Å². The number of carbonyl (C=O) groups excluding carboxylic acids is 3. The molecule has 1 aliphatic heterocycles. The Morgan fingerprint density at radius 1 is 1.23 bits per heavy atom. The van der Waals surface area contributed by atoms with Crippen LogP contribution >= 0.6 is 0 Å². The predicted molar refractivity (Wildman–Crippen MR) is 87.7 cm³/mol. The number of ether oxygens (including phenoxy) is 4. The second-order valence-corrected chi connectivity index (χ2v) is 8.06. The first-order valence-electron chi connectivity index (χ1n) is 9.21. The summed E-state index contributed by atoms with van der Waals surface area (Å²) in [6, 6.07) is 0. The first-order chi connectivity index (χ1) is 12.4. The highest BCUT2D eigenvalue weighted by Crippen LogP contribution is 2.68. The standard InChI is InChI=1S/C19H24O7/c1-10(2)17(21)24-4-3-23-14(20)9-25-15-12-5-11-6-13-18(22)26-16(15)19(13,7-11)8-12/h11-13,15-16H,1,3-9H2,2H3. The van der Waals surface area contributed by atoms with Crippen LogP contribution in [0.3, 0.4) is 0 Å². The van der Waals surface area contributed by atoms with Crippen LogP contribution in [-0.4, -0.2) is 49.9 Å². The van der Waals surface area contributed by atoms with E-state index >= 15 is 0 Å². The minimum Gasteiger partial charge on any atom is -0.460 e. The lowest BCUT2D eigenvalue weighted by molar-refractivity contribution is -0.161. The van der Waals surface area contributed by atoms with Crippen molar-refractivity contribution in [2.75, 3.05) is 19.8 Å². The molecule has 7 nitrogen and oxygen atoms in total. The molecule has 4 aliphatic rings. The van der Waals surface area contributed by atoms with Gasteiger partial charge in [-0.3, -0.25) is 4.79 Å². The van der Waals surface area contributed by atoms with Crippen molar-refractivity contribution in [1.82, 2.24) is 0 Å². The second-order valence-electron chi connectivity index (χ2n) is 8.06. The summed E-state index contributed by atoms with van der Waals surface area (Å²) < 4.78 is 21.4. The lowest BCUT2D eigenvalue weighted by atomic mass is 9.73. The van der Waals surface area contributed by atoms with Gasteiger partial charge in [0.15, 0.2) is 0 Å². The maximum Gasteiger partial charge on any atom is 0.333 e. The fourth-order valence-electron chi connectivity index (χ4n) is 5.56. The van der Waals surface area contributed by atoms with Crippen LogP contribution in [0.1, 0.15) is 32.6 Å². The molecular weight excluding hydrogens is 340 g/mol. The highest BCUT2D eigenvalue weighted by atomic mass is 16.6. The third-order valence-electron chi connectivity index (χ3n) is 6.39. The number of hydrogen-bond donors (Lipinski definition) is 0. The van der Waals surface area contributed by atoms with Crippen molar-refractivity contribution >= 4 is 17.9 Å². The minimum absolute atomic E-state index is 0.0177. The fraction of sp³-hybridized carbons (Fsp3) is 0.737. The van der Waals surface area contributed by atoms with E-state index in [0.29, 0.717) is 17.4 Å². The van der Waals surface area contributed by atoms with Gasteiger partial charge in [-0.15, -0.1) is 0 Å². The number of rotatable bonds is 7. The molecule has 7 heteroatoms. The lowest BCUT2D eigenvalue weighted by Gasteiger charge is -2.28. The molecule has 0 radical (unpaired) electrons. The van der Waals surface area contributed by atoms with E-state index in [-0.39, 0.29) is 49.3 Å². The Morgan fingerprint density at radius 3 is 2.77 bits per heavy atom. The average Bonchev–Trinajstić information content (AvgIpc) is 3.09. The van der Waals surface area contributed by atoms with Gasteiger partial charge in [-0.1, -0.05) is 6.58 Å². The van der Waals surface area contributed by atoms with Gasteiger partial charge < -0.3 is 18.9 Å². The van der Waals surface area contributed by atoms with Gasteiger partial charge >= 0.3 is 17.9 Å². The topological polar surface area (TPSA) is 88.1 Å². The molecule has 4 fully saturated rings. The van der Waals surface area contributed by atoms with E-state index < -0.39 is 11.9 Å². The highest BCUT2D eigenvalue weighted by Gasteiger charge is 2.71. The molecule has 1 saturated heterocycles. The molecule has 1 spiro atoms. The van der Waals surface area contributed by atoms with Crippen LogP contribution in [0, 0.1) is 23.2 Å². The van der Waals surface area contributed by atoms with Crippen molar-refractivity contribution in [2.45, 2.75) is 44.8 Å². The van der Waals surface area contributed by atoms with Crippen LogP contribution in [0.4, 0.5) is 0 Å². The zero-order valence-electron chi connectivity index (χ0n) is 14.9. The van der Waals surface area contributed by atoms with Gasteiger partial charge in [0.25, 0.3) is 0 Å². The second kappa shape index (κ2) is 6.37. The molecule has 6 unspecified atom stereocenters. The molecule has 4 rings (SSSR count). The number of esters is 3. The maximum atomic E-state index is 12.2. The van der Waals surface area contributed by atoms with Crippen LogP contribution in [-0.2, 0) is 33.3 Å². The molecule has 0 amide bonds. The number of fused-ring (bicyclic) bond motifs is 2. The van der Waals surface area contributed by atoms with E-state index in [9.17, 15) is 14.4 Å². The van der Waals surface area contributed by atoms with E-state index in [1.54, 1.807) is 6.92 Å². The van der Waals surface area contributed by atoms with Crippen molar-refractivity contribution in [3.63, 3.8) is 0 Å². The normalized spacial score (nSPS) is 38.8. The third kappa shape index (κ3) is 2.73. The van der Waals surface area contributed by atoms with E-state index in [1.807, 2.05) is 0 Å². The zero-order valence-corrected chi connectivity index (χ0v) is 14.9. The van der Waals surface area contributed by atoms with Gasteiger partial charge in [-0.25, -0.2) is 9.59 Å². The van der Waals surface area contributed by atoms with Gasteiger partial charge in [0.2, 0.25) is 0 Å². The molecule has 1 heterocycles. The van der Waals surface area contributed by atoms with Gasteiger partial charge in [0.1, 0.15) is 25.9 Å². The van der Waals surface area contributed by atoms with Crippen molar-refractivity contribution in [3.8, 4) is 0 Å². The number of hydrogen-bond acceptors (Lipinski definition) is 7. The Hall–Kier alpha value is -1.89. The molecule has 3 bridgehead atoms.